The molecule has 0 saturated carbocycles. The summed E-state index contributed by atoms with van der Waals surface area (Å²) in [7, 11) is 0. The van der Waals surface area contributed by atoms with E-state index in [2.05, 4.69) is 20.0 Å². The molecule has 2 heterocycles. The third-order valence-corrected chi connectivity index (χ3v) is 2.62. The summed E-state index contributed by atoms with van der Waals surface area (Å²) in [4.78, 5) is 27.0. The van der Waals surface area contributed by atoms with Crippen molar-refractivity contribution in [2.24, 2.45) is 0 Å². The minimum absolute atomic E-state index is 0.102. The number of hydrogen-bond donors (Lipinski definition) is 2. The number of anilines is 1. The zero-order chi connectivity index (χ0) is 12.4. The predicted octanol–water partition coefficient (Wildman–Crippen LogP) is 1.39. The van der Waals surface area contributed by atoms with E-state index in [1.807, 2.05) is 6.92 Å². The first kappa shape index (κ1) is 11.3. The van der Waals surface area contributed by atoms with E-state index in [1.54, 1.807) is 6.20 Å². The molecular weight excluding hydrogens is 246 g/mol. The van der Waals surface area contributed by atoms with Crippen molar-refractivity contribution >= 4 is 28.3 Å². The fraction of sp³-hybridized carbons (Fsp3) is 0.111. The van der Waals surface area contributed by atoms with Crippen LogP contribution in [0.4, 0.5) is 5.13 Å². The molecule has 17 heavy (non-hydrogen) atoms. The third-order valence-electron chi connectivity index (χ3n) is 1.80. The van der Waals surface area contributed by atoms with E-state index in [1.165, 1.54) is 11.3 Å². The highest BCUT2D eigenvalue weighted by molar-refractivity contribution is 7.15. The number of rotatable bonds is 3. The number of nitrogens with one attached hydrogen (secondary N) is 1. The molecule has 7 nitrogen and oxygen atoms in total. The lowest BCUT2D eigenvalue weighted by Crippen LogP contribution is -2.11. The summed E-state index contributed by atoms with van der Waals surface area (Å²) in [6.45, 7) is 1.85. The summed E-state index contributed by atoms with van der Waals surface area (Å²) in [5, 5.41) is 14.9. The van der Waals surface area contributed by atoms with Crippen molar-refractivity contribution in [3.8, 4) is 0 Å². The van der Waals surface area contributed by atoms with Gasteiger partial charge in [0.05, 0.1) is 0 Å². The summed E-state index contributed by atoms with van der Waals surface area (Å²) in [5.41, 5.74) is -0.102. The molecule has 0 spiro atoms. The molecule has 0 atom stereocenters. The van der Waals surface area contributed by atoms with Crippen molar-refractivity contribution < 1.29 is 19.2 Å². The Kier molecular flexibility index (Phi) is 2.88. The molecule has 2 aromatic heterocycles. The number of carboxylic acids is 1. The molecule has 0 saturated heterocycles. The minimum atomic E-state index is -1.28. The Hall–Kier alpha value is -2.22. The Labute approximate surface area is 99.1 Å². The van der Waals surface area contributed by atoms with Gasteiger partial charge in [-0.3, -0.25) is 10.1 Å². The smallest absolute Gasteiger partial charge is 0.374 e. The van der Waals surface area contributed by atoms with Gasteiger partial charge in [-0.05, 0) is 6.92 Å². The predicted molar refractivity (Wildman–Crippen MR) is 58.3 cm³/mol. The molecule has 0 aliphatic heterocycles. The van der Waals surface area contributed by atoms with E-state index in [0.717, 1.165) is 10.9 Å². The molecule has 0 aromatic carbocycles. The summed E-state index contributed by atoms with van der Waals surface area (Å²) in [6.07, 6.45) is 1.62. The lowest BCUT2D eigenvalue weighted by Gasteiger charge is -1.95. The van der Waals surface area contributed by atoms with Crippen molar-refractivity contribution in [1.29, 1.82) is 0 Å². The van der Waals surface area contributed by atoms with Crippen LogP contribution in [0.1, 0.15) is 25.9 Å². The molecule has 0 fully saturated rings. The maximum absolute atomic E-state index is 11.6. The van der Waals surface area contributed by atoms with Crippen LogP contribution in [0.15, 0.2) is 16.8 Å². The first-order valence-electron chi connectivity index (χ1n) is 4.50. The molecule has 2 rings (SSSR count). The van der Waals surface area contributed by atoms with Gasteiger partial charge in [0.1, 0.15) is 0 Å². The van der Waals surface area contributed by atoms with Crippen LogP contribution >= 0.6 is 11.3 Å². The fourth-order valence-electron chi connectivity index (χ4n) is 1.06. The third kappa shape index (κ3) is 2.48. The SMILES string of the molecule is Cc1cnc(NC(=O)c2cc(C(=O)O)on2)s1. The molecule has 2 N–H and O–H groups in total. The van der Waals surface area contributed by atoms with E-state index in [9.17, 15) is 9.59 Å². The second-order valence-corrected chi connectivity index (χ2v) is 4.35. The van der Waals surface area contributed by atoms with Crippen LogP contribution in [0.25, 0.3) is 0 Å². The van der Waals surface area contributed by atoms with Gasteiger partial charge in [0.2, 0.25) is 5.76 Å². The topological polar surface area (TPSA) is 105 Å². The quantitative estimate of drug-likeness (QED) is 0.856. The van der Waals surface area contributed by atoms with Crippen molar-refractivity contribution in [3.05, 3.63) is 28.6 Å². The lowest BCUT2D eigenvalue weighted by molar-refractivity contribution is 0.0651. The number of hydrogen-bond acceptors (Lipinski definition) is 6. The van der Waals surface area contributed by atoms with E-state index in [-0.39, 0.29) is 11.5 Å². The Morgan fingerprint density at radius 3 is 2.82 bits per heavy atom. The normalized spacial score (nSPS) is 10.2. The van der Waals surface area contributed by atoms with Crippen LogP contribution in [0.2, 0.25) is 0 Å². The standard InChI is InChI=1S/C9H7N3O4S/c1-4-3-10-9(17-4)11-7(13)5-2-6(8(14)15)16-12-5/h2-3H,1H3,(H,14,15)(H,10,11,13). The average molecular weight is 253 g/mol. The molecule has 0 unspecified atom stereocenters. The van der Waals surface area contributed by atoms with Gasteiger partial charge in [-0.25, -0.2) is 9.78 Å². The van der Waals surface area contributed by atoms with Gasteiger partial charge in [-0.1, -0.05) is 5.16 Å². The Morgan fingerprint density at radius 1 is 1.53 bits per heavy atom. The number of carbonyl (C=O) groups excluding carboxylic acids is 1. The molecule has 0 aliphatic rings. The summed E-state index contributed by atoms with van der Waals surface area (Å²) >= 11 is 1.31. The highest BCUT2D eigenvalue weighted by Crippen LogP contribution is 2.17. The summed E-state index contributed by atoms with van der Waals surface area (Å²) in [5.74, 6) is -2.22. The Morgan fingerprint density at radius 2 is 2.29 bits per heavy atom. The van der Waals surface area contributed by atoms with E-state index in [0.29, 0.717) is 5.13 Å². The molecule has 0 aliphatic carbocycles. The van der Waals surface area contributed by atoms with Gasteiger partial charge in [0, 0.05) is 17.1 Å². The number of aromatic nitrogens is 2. The monoisotopic (exact) mass is 253 g/mol. The van der Waals surface area contributed by atoms with Crippen molar-refractivity contribution in [1.82, 2.24) is 10.1 Å². The zero-order valence-corrected chi connectivity index (χ0v) is 9.45. The molecule has 0 radical (unpaired) electrons. The van der Waals surface area contributed by atoms with Crippen LogP contribution in [0.5, 0.6) is 0 Å². The number of aromatic carboxylic acids is 1. The summed E-state index contributed by atoms with van der Waals surface area (Å²) < 4.78 is 4.46. The van der Waals surface area contributed by atoms with Crippen molar-refractivity contribution in [2.75, 3.05) is 5.32 Å². The number of carbonyl (C=O) groups is 2. The molecule has 1 amide bonds. The van der Waals surface area contributed by atoms with Gasteiger partial charge in [-0.15, -0.1) is 11.3 Å². The first-order valence-corrected chi connectivity index (χ1v) is 5.31. The molecular formula is C9H7N3O4S. The number of nitrogens with zero attached hydrogens (tertiary/aromatic N) is 2. The fourth-order valence-corrected chi connectivity index (χ4v) is 1.72. The molecule has 0 bridgehead atoms. The maximum Gasteiger partial charge on any atom is 0.374 e. The van der Waals surface area contributed by atoms with E-state index < -0.39 is 11.9 Å². The summed E-state index contributed by atoms with van der Waals surface area (Å²) in [6, 6.07) is 1.05. The van der Waals surface area contributed by atoms with Gasteiger partial charge >= 0.3 is 5.97 Å². The van der Waals surface area contributed by atoms with E-state index >= 15 is 0 Å². The van der Waals surface area contributed by atoms with Crippen LogP contribution in [0.3, 0.4) is 0 Å². The Balaban J connectivity index is 2.11. The van der Waals surface area contributed by atoms with Crippen LogP contribution < -0.4 is 5.32 Å². The Bertz CT molecular complexity index is 574. The van der Waals surface area contributed by atoms with Crippen LogP contribution in [-0.2, 0) is 0 Å². The van der Waals surface area contributed by atoms with Crippen LogP contribution in [0, 0.1) is 6.92 Å². The molecule has 8 heteroatoms. The average Bonchev–Trinajstić information content (AvgIpc) is 2.86. The van der Waals surface area contributed by atoms with E-state index in [4.69, 9.17) is 5.11 Å². The zero-order valence-electron chi connectivity index (χ0n) is 8.63. The van der Waals surface area contributed by atoms with Crippen molar-refractivity contribution in [3.63, 3.8) is 0 Å². The molecule has 2 aromatic rings. The number of amides is 1. The highest BCUT2D eigenvalue weighted by atomic mass is 32.1. The van der Waals surface area contributed by atoms with Crippen LogP contribution in [-0.4, -0.2) is 27.1 Å². The van der Waals surface area contributed by atoms with Crippen molar-refractivity contribution in [2.45, 2.75) is 6.92 Å². The second kappa shape index (κ2) is 4.34. The lowest BCUT2D eigenvalue weighted by atomic mass is 10.3. The molecule has 88 valence electrons. The van der Waals surface area contributed by atoms with Gasteiger partial charge in [0.15, 0.2) is 10.8 Å². The second-order valence-electron chi connectivity index (χ2n) is 3.11. The largest absolute Gasteiger partial charge is 0.475 e. The number of aryl methyl sites for hydroxylation is 1. The highest BCUT2D eigenvalue weighted by Gasteiger charge is 2.17. The minimum Gasteiger partial charge on any atom is -0.475 e. The van der Waals surface area contributed by atoms with Gasteiger partial charge < -0.3 is 9.63 Å². The number of carboxylic acid groups (broad SMARTS) is 1. The number of thiazole rings is 1. The van der Waals surface area contributed by atoms with Gasteiger partial charge in [0.25, 0.3) is 5.91 Å². The first-order chi connectivity index (χ1) is 8.06. The van der Waals surface area contributed by atoms with Gasteiger partial charge in [-0.2, -0.15) is 0 Å². The maximum atomic E-state index is 11.6.